The van der Waals surface area contributed by atoms with Crippen LogP contribution in [0.1, 0.15) is 0 Å². The van der Waals surface area contributed by atoms with E-state index in [4.69, 9.17) is 15.0 Å². The molecule has 0 unspecified atom stereocenters. The lowest BCUT2D eigenvalue weighted by atomic mass is 9.93. The highest BCUT2D eigenvalue weighted by molar-refractivity contribution is 7.27. The zero-order chi connectivity index (χ0) is 40.5. The van der Waals surface area contributed by atoms with Gasteiger partial charge in [0.2, 0.25) is 0 Å². The molecule has 0 N–H and O–H groups in total. The van der Waals surface area contributed by atoms with Crippen molar-refractivity contribution >= 4 is 31.5 Å². The second-order valence-electron chi connectivity index (χ2n) is 15.2. The van der Waals surface area contributed by atoms with Gasteiger partial charge in [0, 0.05) is 42.4 Å². The SMILES string of the molecule is c1ccc(-c2cc(-c3ccccc3)cc(-c3nc(-c4ccccc4)nc(-c4ccc(-c5ccccc5)c5sc6c(-c7ccccc7)cc(-c7ccccc7)cc6c45)n3)c2)cc1. The molecule has 11 aromatic rings. The van der Waals surface area contributed by atoms with Crippen LogP contribution < -0.4 is 0 Å². The van der Waals surface area contributed by atoms with E-state index in [0.29, 0.717) is 17.5 Å². The van der Waals surface area contributed by atoms with Gasteiger partial charge in [0.25, 0.3) is 0 Å². The third-order valence-corrected chi connectivity index (χ3v) is 12.6. The normalized spacial score (nSPS) is 11.3. The van der Waals surface area contributed by atoms with Gasteiger partial charge in [-0.05, 0) is 86.5 Å². The van der Waals surface area contributed by atoms with Gasteiger partial charge in [-0.15, -0.1) is 11.3 Å². The predicted octanol–water partition coefficient (Wildman–Crippen LogP) is 15.6. The number of aromatic nitrogens is 3. The molecule has 9 aromatic carbocycles. The molecule has 0 amide bonds. The lowest BCUT2D eigenvalue weighted by molar-refractivity contribution is 1.08. The molecule has 0 aliphatic rings. The molecule has 0 atom stereocenters. The Labute approximate surface area is 359 Å². The molecular weight excluding hydrogens is 759 g/mol. The number of nitrogens with zero attached hydrogens (tertiary/aromatic N) is 3. The van der Waals surface area contributed by atoms with Crippen LogP contribution in [0.25, 0.3) is 110 Å². The minimum Gasteiger partial charge on any atom is -0.208 e. The monoisotopic (exact) mass is 795 g/mol. The molecule has 4 heteroatoms. The summed E-state index contributed by atoms with van der Waals surface area (Å²) in [5.41, 5.74) is 14.3. The van der Waals surface area contributed by atoms with Crippen molar-refractivity contribution < 1.29 is 0 Å². The van der Waals surface area contributed by atoms with E-state index in [-0.39, 0.29) is 0 Å². The number of rotatable bonds is 8. The van der Waals surface area contributed by atoms with Crippen molar-refractivity contribution in [2.75, 3.05) is 0 Å². The highest BCUT2D eigenvalue weighted by Gasteiger charge is 2.22. The van der Waals surface area contributed by atoms with E-state index in [0.717, 1.165) is 49.9 Å². The average molecular weight is 796 g/mol. The summed E-state index contributed by atoms with van der Waals surface area (Å²) in [6, 6.07) is 79.3. The summed E-state index contributed by atoms with van der Waals surface area (Å²) in [5, 5.41) is 2.31. The maximum atomic E-state index is 5.45. The lowest BCUT2D eigenvalue weighted by Gasteiger charge is -2.14. The fraction of sp³-hybridized carbons (Fsp3) is 0. The Morgan fingerprint density at radius 3 is 1.13 bits per heavy atom. The molecule has 2 heterocycles. The Morgan fingerprint density at radius 2 is 0.623 bits per heavy atom. The van der Waals surface area contributed by atoms with Crippen LogP contribution in [0, 0.1) is 0 Å². The maximum Gasteiger partial charge on any atom is 0.164 e. The van der Waals surface area contributed by atoms with E-state index in [1.54, 1.807) is 0 Å². The summed E-state index contributed by atoms with van der Waals surface area (Å²) < 4.78 is 2.42. The van der Waals surface area contributed by atoms with Gasteiger partial charge in [-0.1, -0.05) is 188 Å². The van der Waals surface area contributed by atoms with Gasteiger partial charge < -0.3 is 0 Å². The zero-order valence-electron chi connectivity index (χ0n) is 33.1. The minimum absolute atomic E-state index is 0.619. The molecule has 0 aliphatic heterocycles. The number of thiophene rings is 1. The smallest absolute Gasteiger partial charge is 0.164 e. The first-order chi connectivity index (χ1) is 30.2. The second kappa shape index (κ2) is 15.8. The number of hydrogen-bond donors (Lipinski definition) is 0. The molecule has 0 saturated carbocycles. The molecule has 11 rings (SSSR count). The Bertz CT molecular complexity index is 3260. The van der Waals surface area contributed by atoms with Crippen LogP contribution in [0.4, 0.5) is 0 Å². The van der Waals surface area contributed by atoms with E-state index in [9.17, 15) is 0 Å². The largest absolute Gasteiger partial charge is 0.208 e. The van der Waals surface area contributed by atoms with Gasteiger partial charge >= 0.3 is 0 Å². The van der Waals surface area contributed by atoms with E-state index in [1.807, 2.05) is 29.5 Å². The fourth-order valence-electron chi connectivity index (χ4n) is 8.34. The summed E-state index contributed by atoms with van der Waals surface area (Å²) in [6.45, 7) is 0. The van der Waals surface area contributed by atoms with Crippen molar-refractivity contribution in [2.24, 2.45) is 0 Å². The van der Waals surface area contributed by atoms with E-state index < -0.39 is 0 Å². The lowest BCUT2D eigenvalue weighted by Crippen LogP contribution is -2.01. The second-order valence-corrected chi connectivity index (χ2v) is 16.2. The standard InChI is InChI=1S/C57H37N3S/c1-7-19-38(20-8-1)44-33-45(39-21-9-2-10-22-39)35-47(34-44)56-58-55(43-29-17-6-18-30-43)59-57(60-56)49-32-31-48(41-25-13-4-14-26-41)54-52(49)51-37-46(40-23-11-3-12-24-40)36-50(53(51)61-54)42-27-15-5-16-28-42/h1-37H. The molecule has 0 bridgehead atoms. The first-order valence-corrected chi connectivity index (χ1v) is 21.3. The quantitative estimate of drug-likeness (QED) is 0.154. The van der Waals surface area contributed by atoms with E-state index in [2.05, 4.69) is 206 Å². The summed E-state index contributed by atoms with van der Waals surface area (Å²) in [4.78, 5) is 16.0. The van der Waals surface area contributed by atoms with Gasteiger partial charge in [0.1, 0.15) is 0 Å². The van der Waals surface area contributed by atoms with E-state index >= 15 is 0 Å². The molecule has 3 nitrogen and oxygen atoms in total. The first-order valence-electron chi connectivity index (χ1n) is 20.5. The molecule has 0 radical (unpaired) electrons. The predicted molar refractivity (Wildman–Crippen MR) is 256 cm³/mol. The van der Waals surface area contributed by atoms with Crippen molar-refractivity contribution in [3.8, 4) is 89.8 Å². The zero-order valence-corrected chi connectivity index (χ0v) is 33.9. The number of fused-ring (bicyclic) bond motifs is 3. The number of hydrogen-bond acceptors (Lipinski definition) is 4. The molecule has 61 heavy (non-hydrogen) atoms. The number of benzene rings is 9. The Hall–Kier alpha value is -7.79. The first kappa shape index (κ1) is 36.3. The minimum atomic E-state index is 0.619. The molecule has 0 saturated heterocycles. The molecule has 286 valence electrons. The molecule has 0 aliphatic carbocycles. The van der Waals surface area contributed by atoms with Crippen molar-refractivity contribution in [1.82, 2.24) is 15.0 Å². The molecular formula is C57H37N3S. The summed E-state index contributed by atoms with van der Waals surface area (Å²) in [5.74, 6) is 1.88. The average Bonchev–Trinajstić information content (AvgIpc) is 3.74. The Balaban J connectivity index is 1.22. The Morgan fingerprint density at radius 1 is 0.246 bits per heavy atom. The third-order valence-electron chi connectivity index (χ3n) is 11.3. The highest BCUT2D eigenvalue weighted by Crippen LogP contribution is 2.49. The molecule has 2 aromatic heterocycles. The summed E-state index contributed by atoms with van der Waals surface area (Å²) in [7, 11) is 0. The van der Waals surface area contributed by atoms with Crippen molar-refractivity contribution in [2.45, 2.75) is 0 Å². The van der Waals surface area contributed by atoms with Crippen LogP contribution in [-0.2, 0) is 0 Å². The summed E-state index contributed by atoms with van der Waals surface area (Å²) >= 11 is 1.85. The van der Waals surface area contributed by atoms with E-state index in [1.165, 1.54) is 42.6 Å². The highest BCUT2D eigenvalue weighted by atomic mass is 32.1. The van der Waals surface area contributed by atoms with Gasteiger partial charge in [0.05, 0.1) is 0 Å². The van der Waals surface area contributed by atoms with Gasteiger partial charge in [-0.25, -0.2) is 15.0 Å². The summed E-state index contributed by atoms with van der Waals surface area (Å²) in [6.07, 6.45) is 0. The maximum absolute atomic E-state index is 5.45. The van der Waals surface area contributed by atoms with Crippen molar-refractivity contribution in [3.63, 3.8) is 0 Å². The van der Waals surface area contributed by atoms with Crippen LogP contribution in [0.15, 0.2) is 224 Å². The van der Waals surface area contributed by atoms with Gasteiger partial charge in [-0.2, -0.15) is 0 Å². The van der Waals surface area contributed by atoms with Crippen molar-refractivity contribution in [1.29, 1.82) is 0 Å². The van der Waals surface area contributed by atoms with Gasteiger partial charge in [0.15, 0.2) is 17.5 Å². The van der Waals surface area contributed by atoms with Crippen LogP contribution in [0.5, 0.6) is 0 Å². The Kier molecular flexibility index (Phi) is 9.38. The topological polar surface area (TPSA) is 38.7 Å². The molecule has 0 fully saturated rings. The van der Waals surface area contributed by atoms with Gasteiger partial charge in [-0.3, -0.25) is 0 Å². The van der Waals surface area contributed by atoms with Crippen LogP contribution in [-0.4, -0.2) is 15.0 Å². The van der Waals surface area contributed by atoms with Crippen LogP contribution >= 0.6 is 11.3 Å². The third kappa shape index (κ3) is 6.99. The van der Waals surface area contributed by atoms with Crippen LogP contribution in [0.3, 0.4) is 0 Å². The van der Waals surface area contributed by atoms with Crippen molar-refractivity contribution in [3.05, 3.63) is 224 Å². The molecule has 0 spiro atoms. The fourth-order valence-corrected chi connectivity index (χ4v) is 9.72. The van der Waals surface area contributed by atoms with Crippen LogP contribution in [0.2, 0.25) is 0 Å².